The summed E-state index contributed by atoms with van der Waals surface area (Å²) >= 11 is 5.55. The molecule has 3 heterocycles. The van der Waals surface area contributed by atoms with E-state index in [1.165, 1.54) is 74.9 Å². The van der Waals surface area contributed by atoms with Gasteiger partial charge in [0.2, 0.25) is 0 Å². The van der Waals surface area contributed by atoms with Gasteiger partial charge in [-0.25, -0.2) is 0 Å². The van der Waals surface area contributed by atoms with E-state index in [9.17, 15) is 0 Å². The van der Waals surface area contributed by atoms with Crippen LogP contribution < -0.4 is 14.7 Å². The summed E-state index contributed by atoms with van der Waals surface area (Å²) in [6.07, 6.45) is 0. The van der Waals surface area contributed by atoms with Crippen LogP contribution in [0.4, 0.5) is 45.5 Å². The smallest absolute Gasteiger partial charge is 0.0601 e. The summed E-state index contributed by atoms with van der Waals surface area (Å²) in [5.41, 5.74) is 9.71. The van der Waals surface area contributed by atoms with Crippen LogP contribution in [0.1, 0.15) is 0 Å². The predicted octanol–water partition coefficient (Wildman–Crippen LogP) is 11.8. The van der Waals surface area contributed by atoms with E-state index >= 15 is 0 Å². The number of para-hydroxylation sites is 4. The van der Waals surface area contributed by atoms with Crippen LogP contribution in [-0.2, 0) is 0 Å². The lowest BCUT2D eigenvalue weighted by Crippen LogP contribution is -2.18. The van der Waals surface area contributed by atoms with Crippen molar-refractivity contribution in [2.45, 2.75) is 29.4 Å². The monoisotopic (exact) mass is 607 g/mol. The number of hydrogen-bond acceptors (Lipinski definition) is 6. The van der Waals surface area contributed by atoms with Crippen LogP contribution in [0.25, 0.3) is 0 Å². The van der Waals surface area contributed by atoms with Crippen molar-refractivity contribution in [2.24, 2.45) is 0 Å². The Morgan fingerprint density at radius 3 is 1.05 bits per heavy atom. The molecule has 43 heavy (non-hydrogen) atoms. The van der Waals surface area contributed by atoms with E-state index < -0.39 is 0 Å². The molecule has 206 valence electrons. The second-order valence-electron chi connectivity index (χ2n) is 10.7. The summed E-state index contributed by atoms with van der Waals surface area (Å²) in [4.78, 5) is 14.8. The van der Waals surface area contributed by atoms with E-state index in [0.717, 1.165) is 0 Å². The minimum absolute atomic E-state index is 1.18. The van der Waals surface area contributed by atoms with E-state index in [2.05, 4.69) is 155 Å². The number of nitrogens with zero attached hydrogens (tertiary/aromatic N) is 3. The Hall–Kier alpha value is -4.23. The van der Waals surface area contributed by atoms with Crippen LogP contribution in [0.15, 0.2) is 163 Å². The molecule has 0 saturated heterocycles. The van der Waals surface area contributed by atoms with E-state index in [-0.39, 0.29) is 0 Å². The van der Waals surface area contributed by atoms with E-state index in [0.29, 0.717) is 0 Å². The molecule has 0 fully saturated rings. The Kier molecular flexibility index (Phi) is 5.83. The normalized spacial score (nSPS) is 14.2. The van der Waals surface area contributed by atoms with Gasteiger partial charge in [0.25, 0.3) is 0 Å². The Balaban J connectivity index is 1.14. The number of rotatable bonds is 2. The van der Waals surface area contributed by atoms with E-state index in [4.69, 9.17) is 0 Å². The largest absolute Gasteiger partial charge is 0.343 e. The topological polar surface area (TPSA) is 9.72 Å². The van der Waals surface area contributed by atoms with Gasteiger partial charge in [0.15, 0.2) is 0 Å². The number of anilines is 8. The molecule has 3 nitrogen and oxygen atoms in total. The number of benzene rings is 6. The first-order valence-electron chi connectivity index (χ1n) is 14.2. The highest BCUT2D eigenvalue weighted by atomic mass is 32.2. The fraction of sp³-hybridized carbons (Fsp3) is 0.0270. The van der Waals surface area contributed by atoms with Crippen molar-refractivity contribution in [3.63, 3.8) is 0 Å². The van der Waals surface area contributed by atoms with Crippen molar-refractivity contribution in [2.75, 3.05) is 21.7 Å². The quantitative estimate of drug-likeness (QED) is 0.192. The molecule has 3 aliphatic heterocycles. The van der Waals surface area contributed by atoms with Gasteiger partial charge in [0.05, 0.1) is 34.1 Å². The Labute approximate surface area is 264 Å². The molecule has 0 unspecified atom stereocenters. The fourth-order valence-electron chi connectivity index (χ4n) is 6.22. The molecule has 0 aliphatic carbocycles. The summed E-state index contributed by atoms with van der Waals surface area (Å²) in [5.74, 6) is 0. The Morgan fingerprint density at radius 2 is 0.674 bits per heavy atom. The van der Waals surface area contributed by atoms with Gasteiger partial charge in [0.1, 0.15) is 0 Å². The summed E-state index contributed by atoms with van der Waals surface area (Å²) in [5, 5.41) is 0. The maximum atomic E-state index is 2.41. The highest BCUT2D eigenvalue weighted by molar-refractivity contribution is 8.00. The zero-order valence-electron chi connectivity index (χ0n) is 23.3. The van der Waals surface area contributed by atoms with Crippen molar-refractivity contribution in [3.05, 3.63) is 133 Å². The van der Waals surface area contributed by atoms with Crippen LogP contribution in [0.5, 0.6) is 0 Å². The molecule has 0 atom stereocenters. The van der Waals surface area contributed by atoms with Gasteiger partial charge >= 0.3 is 0 Å². The van der Waals surface area contributed by atoms with Gasteiger partial charge in [-0.15, -0.1) is 0 Å². The average Bonchev–Trinajstić information content (AvgIpc) is 3.05. The molecular weight excluding hydrogens is 583 g/mol. The molecule has 0 spiro atoms. The molecule has 6 heteroatoms. The summed E-state index contributed by atoms with van der Waals surface area (Å²) in [7, 11) is 2.18. The minimum atomic E-state index is 1.18. The lowest BCUT2D eigenvalue weighted by Gasteiger charge is -2.36. The van der Waals surface area contributed by atoms with Crippen LogP contribution in [-0.4, -0.2) is 7.05 Å². The van der Waals surface area contributed by atoms with Gasteiger partial charge in [0, 0.05) is 47.8 Å². The predicted molar refractivity (Wildman–Crippen MR) is 183 cm³/mol. The number of fused-ring (bicyclic) bond motifs is 6. The summed E-state index contributed by atoms with van der Waals surface area (Å²) < 4.78 is 0. The second-order valence-corrected chi connectivity index (χ2v) is 14.0. The van der Waals surface area contributed by atoms with Crippen LogP contribution >= 0.6 is 35.3 Å². The Bertz CT molecular complexity index is 1840. The lowest BCUT2D eigenvalue weighted by molar-refractivity contribution is 1.09. The maximum absolute atomic E-state index is 2.41. The lowest BCUT2D eigenvalue weighted by atomic mass is 10.1. The molecule has 9 rings (SSSR count). The van der Waals surface area contributed by atoms with Gasteiger partial charge in [-0.1, -0.05) is 83.8 Å². The maximum Gasteiger partial charge on any atom is 0.0601 e. The highest BCUT2D eigenvalue weighted by Crippen LogP contribution is 2.56. The Morgan fingerprint density at radius 1 is 0.349 bits per heavy atom. The second kappa shape index (κ2) is 9.91. The van der Waals surface area contributed by atoms with E-state index in [1.807, 2.05) is 35.3 Å². The van der Waals surface area contributed by atoms with Crippen LogP contribution in [0.2, 0.25) is 0 Å². The van der Waals surface area contributed by atoms with Crippen molar-refractivity contribution in [1.82, 2.24) is 0 Å². The summed E-state index contributed by atoms with van der Waals surface area (Å²) in [6, 6.07) is 48.6. The minimum Gasteiger partial charge on any atom is -0.343 e. The first-order valence-corrected chi connectivity index (χ1v) is 16.7. The van der Waals surface area contributed by atoms with Gasteiger partial charge in [-0.05, 0) is 84.9 Å². The SMILES string of the molecule is CN1c2ccc(N3c4ccccc4Sc4ccccc43)cc2Sc2cc(N3c4ccccc4Sc4ccccc43)ccc21. The third-order valence-electron chi connectivity index (χ3n) is 8.21. The molecule has 0 saturated carbocycles. The molecule has 6 aromatic carbocycles. The van der Waals surface area contributed by atoms with Crippen molar-refractivity contribution in [3.8, 4) is 0 Å². The first kappa shape index (κ1) is 25.3. The molecule has 0 amide bonds. The van der Waals surface area contributed by atoms with Gasteiger partial charge in [-0.2, -0.15) is 0 Å². The van der Waals surface area contributed by atoms with Crippen LogP contribution in [0.3, 0.4) is 0 Å². The molecule has 0 bridgehead atoms. The molecule has 0 aromatic heterocycles. The highest BCUT2D eigenvalue weighted by Gasteiger charge is 2.29. The number of hydrogen-bond donors (Lipinski definition) is 0. The average molecular weight is 608 g/mol. The molecule has 0 radical (unpaired) electrons. The zero-order chi connectivity index (χ0) is 28.5. The first-order chi connectivity index (χ1) is 21.2. The van der Waals surface area contributed by atoms with Gasteiger partial charge in [-0.3, -0.25) is 0 Å². The standard InChI is InChI=1S/C37H25N3S3/c1-38-26-20-18-24(39-28-10-2-6-14-32(28)41-33-15-7-3-11-29(33)39)22-36(26)43-37-23-25(19-21-27(37)38)40-30-12-4-8-16-34(30)42-35-17-9-5-13-31(35)40/h2-23H,1H3. The van der Waals surface area contributed by atoms with Crippen molar-refractivity contribution < 1.29 is 0 Å². The van der Waals surface area contributed by atoms with E-state index in [1.54, 1.807) is 0 Å². The third kappa shape index (κ3) is 4.01. The van der Waals surface area contributed by atoms with Crippen molar-refractivity contribution >= 4 is 80.8 Å². The zero-order valence-corrected chi connectivity index (χ0v) is 25.7. The summed E-state index contributed by atoms with van der Waals surface area (Å²) in [6.45, 7) is 0. The molecule has 0 N–H and O–H groups in total. The molecule has 6 aromatic rings. The third-order valence-corrected chi connectivity index (χ3v) is 11.6. The van der Waals surface area contributed by atoms with Gasteiger partial charge < -0.3 is 14.7 Å². The molecular formula is C37H25N3S3. The molecule has 3 aliphatic rings. The fourth-order valence-corrected chi connectivity index (χ4v) is 9.55. The van der Waals surface area contributed by atoms with Crippen LogP contribution in [0, 0.1) is 0 Å². The van der Waals surface area contributed by atoms with Crippen molar-refractivity contribution in [1.29, 1.82) is 0 Å².